The van der Waals surface area contributed by atoms with Crippen molar-refractivity contribution in [2.75, 3.05) is 26.5 Å². The second kappa shape index (κ2) is 10.1. The van der Waals surface area contributed by atoms with Crippen molar-refractivity contribution in [1.82, 2.24) is 19.9 Å². The van der Waals surface area contributed by atoms with Gasteiger partial charge in [0.15, 0.2) is 5.76 Å². The number of methoxy groups -OCH3 is 1. The van der Waals surface area contributed by atoms with Crippen molar-refractivity contribution >= 4 is 64.1 Å². The van der Waals surface area contributed by atoms with E-state index in [1.807, 2.05) is 20.2 Å². The summed E-state index contributed by atoms with van der Waals surface area (Å²) in [5.41, 5.74) is 2.24. The highest BCUT2D eigenvalue weighted by Crippen LogP contribution is 2.28. The van der Waals surface area contributed by atoms with E-state index < -0.39 is 5.91 Å². The van der Waals surface area contributed by atoms with E-state index in [2.05, 4.69) is 25.3 Å². The molecule has 2 heterocycles. The van der Waals surface area contributed by atoms with Gasteiger partial charge in [-0.2, -0.15) is 0 Å². The van der Waals surface area contributed by atoms with E-state index in [1.165, 1.54) is 25.6 Å². The summed E-state index contributed by atoms with van der Waals surface area (Å²) in [7, 11) is 5.12. The van der Waals surface area contributed by atoms with Gasteiger partial charge in [-0.05, 0) is 30.4 Å². The van der Waals surface area contributed by atoms with E-state index in [1.54, 1.807) is 35.5 Å². The van der Waals surface area contributed by atoms with Crippen LogP contribution in [0.3, 0.4) is 0 Å². The monoisotopic (exact) mass is 458 g/mol. The zero-order valence-electron chi connectivity index (χ0n) is 17.1. The van der Waals surface area contributed by atoms with Crippen LogP contribution in [0.1, 0.15) is 5.69 Å². The molecule has 3 rings (SSSR count). The van der Waals surface area contributed by atoms with Crippen molar-refractivity contribution in [1.29, 1.82) is 0 Å². The summed E-state index contributed by atoms with van der Waals surface area (Å²) >= 11 is 12.1. The fourth-order valence-corrected chi connectivity index (χ4v) is 2.85. The molecule has 160 valence electrons. The molecule has 0 unspecified atom stereocenters. The standard InChI is InChI=1S/C21H20Cl2N6O2/c1-29(2)12-26-15-10-24-21(25-11-15)28-20(30)19(31-3)6-4-5-14-7-13-8-16(22)17(23)9-18(13)27-14/h4-12,27H,1-3H3,(H,24,25,28,30)/b5-4+,19-6-,26-12+. The summed E-state index contributed by atoms with van der Waals surface area (Å²) < 4.78 is 5.17. The van der Waals surface area contributed by atoms with Gasteiger partial charge >= 0.3 is 0 Å². The number of allylic oxidation sites excluding steroid dienone is 2. The van der Waals surface area contributed by atoms with E-state index in [-0.39, 0.29) is 11.7 Å². The number of ether oxygens (including phenoxy) is 1. The number of aromatic amines is 1. The van der Waals surface area contributed by atoms with Gasteiger partial charge in [0.25, 0.3) is 5.91 Å². The molecule has 0 aliphatic carbocycles. The molecule has 1 amide bonds. The van der Waals surface area contributed by atoms with Crippen LogP contribution in [0.25, 0.3) is 17.0 Å². The number of amides is 1. The Labute approximate surface area is 189 Å². The average Bonchev–Trinajstić information content (AvgIpc) is 3.12. The first-order chi connectivity index (χ1) is 14.9. The highest BCUT2D eigenvalue weighted by Gasteiger charge is 2.11. The number of nitrogens with one attached hydrogen (secondary N) is 2. The van der Waals surface area contributed by atoms with Crippen molar-refractivity contribution in [2.24, 2.45) is 4.99 Å². The Morgan fingerprint density at radius 3 is 2.58 bits per heavy atom. The number of hydrogen-bond acceptors (Lipinski definition) is 5. The van der Waals surface area contributed by atoms with Crippen LogP contribution in [0.15, 0.2) is 53.5 Å². The molecule has 0 saturated heterocycles. The molecule has 8 nitrogen and oxygen atoms in total. The van der Waals surface area contributed by atoms with Gasteiger partial charge < -0.3 is 14.6 Å². The second-order valence-corrected chi connectivity index (χ2v) is 7.41. The maximum atomic E-state index is 12.4. The Morgan fingerprint density at radius 2 is 1.90 bits per heavy atom. The summed E-state index contributed by atoms with van der Waals surface area (Å²) in [4.78, 5) is 29.7. The molecule has 0 aliphatic rings. The quantitative estimate of drug-likeness (QED) is 0.176. The van der Waals surface area contributed by atoms with E-state index in [9.17, 15) is 4.79 Å². The first-order valence-corrected chi connectivity index (χ1v) is 9.85. The zero-order chi connectivity index (χ0) is 22.4. The number of benzene rings is 1. The topological polar surface area (TPSA) is 95.5 Å². The fourth-order valence-electron chi connectivity index (χ4n) is 2.51. The van der Waals surface area contributed by atoms with Crippen LogP contribution in [-0.2, 0) is 9.53 Å². The van der Waals surface area contributed by atoms with Gasteiger partial charge in [-0.15, -0.1) is 0 Å². The number of nitrogens with zero attached hydrogens (tertiary/aromatic N) is 4. The third kappa shape index (κ3) is 6.07. The molecule has 2 aromatic heterocycles. The summed E-state index contributed by atoms with van der Waals surface area (Å²) in [5.74, 6) is -0.242. The molecule has 0 bridgehead atoms. The number of halogens is 2. The number of H-pyrrole nitrogens is 1. The Balaban J connectivity index is 1.67. The lowest BCUT2D eigenvalue weighted by molar-refractivity contribution is -0.115. The largest absolute Gasteiger partial charge is 0.491 e. The third-order valence-corrected chi connectivity index (χ3v) is 4.67. The molecular weight excluding hydrogens is 439 g/mol. The molecule has 0 atom stereocenters. The number of hydrogen-bond donors (Lipinski definition) is 2. The molecule has 0 fully saturated rings. The molecule has 10 heteroatoms. The minimum atomic E-state index is -0.480. The Kier molecular flexibility index (Phi) is 7.28. The van der Waals surface area contributed by atoms with Gasteiger partial charge in [-0.1, -0.05) is 29.3 Å². The van der Waals surface area contributed by atoms with Gasteiger partial charge in [0, 0.05) is 30.7 Å². The smallest absolute Gasteiger partial charge is 0.293 e. The van der Waals surface area contributed by atoms with Crippen LogP contribution in [-0.4, -0.2) is 53.3 Å². The number of carbonyl (C=O) groups excluding carboxylic acids is 1. The minimum Gasteiger partial charge on any atom is -0.491 e. The minimum absolute atomic E-state index is 0.0942. The normalized spacial score (nSPS) is 12.1. The van der Waals surface area contributed by atoms with Crippen LogP contribution in [0.2, 0.25) is 10.0 Å². The second-order valence-electron chi connectivity index (χ2n) is 6.60. The molecular formula is C21H20Cl2N6O2. The molecule has 0 radical (unpaired) electrons. The van der Waals surface area contributed by atoms with Crippen LogP contribution >= 0.6 is 23.2 Å². The fraction of sp³-hybridized carbons (Fsp3) is 0.143. The predicted molar refractivity (Wildman–Crippen MR) is 125 cm³/mol. The maximum absolute atomic E-state index is 12.4. The molecule has 0 spiro atoms. The number of aliphatic imine (C=N–C) groups is 1. The molecule has 0 aliphatic heterocycles. The van der Waals surface area contributed by atoms with Gasteiger partial charge in [-0.3, -0.25) is 10.1 Å². The highest BCUT2D eigenvalue weighted by molar-refractivity contribution is 6.42. The number of aromatic nitrogens is 3. The van der Waals surface area contributed by atoms with Crippen molar-refractivity contribution in [2.45, 2.75) is 0 Å². The summed E-state index contributed by atoms with van der Waals surface area (Å²) in [6, 6.07) is 5.47. The highest BCUT2D eigenvalue weighted by atomic mass is 35.5. The first kappa shape index (κ1) is 22.3. The molecule has 1 aromatic carbocycles. The molecule has 0 saturated carbocycles. The molecule has 2 N–H and O–H groups in total. The number of anilines is 1. The average molecular weight is 459 g/mol. The van der Waals surface area contributed by atoms with Crippen molar-refractivity contribution in [3.8, 4) is 0 Å². The summed E-state index contributed by atoms with van der Waals surface area (Å²) in [6.07, 6.45) is 9.66. The van der Waals surface area contributed by atoms with Crippen molar-refractivity contribution in [3.63, 3.8) is 0 Å². The summed E-state index contributed by atoms with van der Waals surface area (Å²) in [6.45, 7) is 0. The Morgan fingerprint density at radius 1 is 1.19 bits per heavy atom. The SMILES string of the molecule is CO/C(=C\C=C\c1cc2cc(Cl)c(Cl)cc2[nH]1)C(=O)Nc1ncc(/N=C/N(C)C)cn1. The van der Waals surface area contributed by atoms with Crippen LogP contribution in [0, 0.1) is 0 Å². The van der Waals surface area contributed by atoms with Crippen molar-refractivity contribution in [3.05, 3.63) is 64.2 Å². The molecule has 3 aromatic rings. The van der Waals surface area contributed by atoms with Crippen LogP contribution < -0.4 is 5.32 Å². The Bertz CT molecular complexity index is 1130. The van der Waals surface area contributed by atoms with E-state index in [0.717, 1.165) is 16.6 Å². The number of fused-ring (bicyclic) bond motifs is 1. The lowest BCUT2D eigenvalue weighted by atomic mass is 10.2. The van der Waals surface area contributed by atoms with Gasteiger partial charge in [0.2, 0.25) is 5.95 Å². The third-order valence-electron chi connectivity index (χ3n) is 3.95. The van der Waals surface area contributed by atoms with Crippen molar-refractivity contribution < 1.29 is 9.53 Å². The first-order valence-electron chi connectivity index (χ1n) is 9.10. The lowest BCUT2D eigenvalue weighted by Gasteiger charge is -2.06. The number of rotatable bonds is 7. The lowest BCUT2D eigenvalue weighted by Crippen LogP contribution is -2.17. The van der Waals surface area contributed by atoms with Crippen LogP contribution in [0.5, 0.6) is 0 Å². The predicted octanol–water partition coefficient (Wildman–Crippen LogP) is 4.67. The zero-order valence-corrected chi connectivity index (χ0v) is 18.6. The summed E-state index contributed by atoms with van der Waals surface area (Å²) in [5, 5.41) is 4.47. The maximum Gasteiger partial charge on any atom is 0.293 e. The molecule has 31 heavy (non-hydrogen) atoms. The van der Waals surface area contributed by atoms with Gasteiger partial charge in [0.1, 0.15) is 5.69 Å². The van der Waals surface area contributed by atoms with Gasteiger partial charge in [-0.25, -0.2) is 15.0 Å². The number of carbonyl (C=O) groups is 1. The van der Waals surface area contributed by atoms with E-state index >= 15 is 0 Å². The van der Waals surface area contributed by atoms with E-state index in [0.29, 0.717) is 15.7 Å². The van der Waals surface area contributed by atoms with Crippen LogP contribution in [0.4, 0.5) is 11.6 Å². The van der Waals surface area contributed by atoms with Gasteiger partial charge in [0.05, 0.1) is 35.9 Å². The van der Waals surface area contributed by atoms with E-state index in [4.69, 9.17) is 27.9 Å². The Hall–Kier alpha value is -3.36.